The molecule has 1 N–H and O–H groups in total. The number of hydrogen-bond donors (Lipinski definition) is 1. The molecule has 0 radical (unpaired) electrons. The van der Waals surface area contributed by atoms with E-state index in [1.807, 2.05) is 0 Å². The van der Waals surface area contributed by atoms with Gasteiger partial charge < -0.3 is 10.0 Å². The molecule has 7 nitrogen and oxygen atoms in total. The fraction of sp³-hybridized carbons (Fsp3) is 0.571. The first-order valence-corrected chi connectivity index (χ1v) is 8.02. The lowest BCUT2D eigenvalue weighted by Gasteiger charge is -2.24. The first-order chi connectivity index (χ1) is 10.4. The van der Waals surface area contributed by atoms with Gasteiger partial charge in [0.05, 0.1) is 12.1 Å². The molecule has 1 aliphatic heterocycles. The van der Waals surface area contributed by atoms with Crippen molar-refractivity contribution in [1.29, 1.82) is 0 Å². The van der Waals surface area contributed by atoms with E-state index in [4.69, 9.17) is 5.11 Å². The third kappa shape index (κ3) is 3.82. The van der Waals surface area contributed by atoms with E-state index in [9.17, 15) is 14.4 Å². The Balaban J connectivity index is 2.03. The van der Waals surface area contributed by atoms with Crippen LogP contribution in [0.4, 0.5) is 5.13 Å². The summed E-state index contributed by atoms with van der Waals surface area (Å²) in [4.78, 5) is 42.0. The molecule has 1 saturated heterocycles. The molecule has 1 aromatic heterocycles. The molecule has 2 amide bonds. The van der Waals surface area contributed by atoms with E-state index in [1.165, 1.54) is 16.2 Å². The van der Waals surface area contributed by atoms with Crippen LogP contribution in [-0.2, 0) is 20.8 Å². The molecule has 22 heavy (non-hydrogen) atoms. The zero-order valence-electron chi connectivity index (χ0n) is 12.6. The average molecular weight is 325 g/mol. The Labute approximate surface area is 132 Å². The molecule has 0 atom stereocenters. The molecule has 1 fully saturated rings. The quantitative estimate of drug-likeness (QED) is 0.847. The van der Waals surface area contributed by atoms with Gasteiger partial charge in [-0.2, -0.15) is 0 Å². The molecule has 2 heterocycles. The van der Waals surface area contributed by atoms with E-state index in [1.54, 1.807) is 24.1 Å². The van der Waals surface area contributed by atoms with Gasteiger partial charge in [0.25, 0.3) is 0 Å². The molecule has 0 saturated carbocycles. The molecular weight excluding hydrogens is 306 g/mol. The Bertz CT molecular complexity index is 584. The lowest BCUT2D eigenvalue weighted by atomic mass is 10.2. The molecule has 0 aromatic carbocycles. The lowest BCUT2D eigenvalue weighted by molar-refractivity contribution is -0.145. The second kappa shape index (κ2) is 6.87. The van der Waals surface area contributed by atoms with Gasteiger partial charge in [0.2, 0.25) is 11.8 Å². The Morgan fingerprint density at radius 2 is 2.23 bits per heavy atom. The van der Waals surface area contributed by atoms with Gasteiger partial charge in [0, 0.05) is 24.4 Å². The fourth-order valence-electron chi connectivity index (χ4n) is 2.31. The van der Waals surface area contributed by atoms with Gasteiger partial charge in [-0.3, -0.25) is 19.3 Å². The minimum absolute atomic E-state index is 0.0456. The number of carbonyl (C=O) groups excluding carboxylic acids is 2. The van der Waals surface area contributed by atoms with Crippen LogP contribution >= 0.6 is 11.3 Å². The number of nitrogens with zero attached hydrogens (tertiary/aromatic N) is 3. The minimum Gasteiger partial charge on any atom is -0.480 e. The number of anilines is 1. The maximum Gasteiger partial charge on any atom is 0.323 e. The molecule has 0 aliphatic carbocycles. The molecule has 1 aliphatic rings. The van der Waals surface area contributed by atoms with Crippen LogP contribution in [0.25, 0.3) is 0 Å². The summed E-state index contributed by atoms with van der Waals surface area (Å²) in [6, 6.07) is -0.193. The molecule has 0 unspecified atom stereocenters. The predicted molar refractivity (Wildman–Crippen MR) is 81.9 cm³/mol. The lowest BCUT2D eigenvalue weighted by Crippen LogP contribution is -2.41. The molecule has 0 spiro atoms. The second-order valence-corrected chi connectivity index (χ2v) is 6.29. The number of carbonyl (C=O) groups is 3. The fourth-order valence-corrected chi connectivity index (χ4v) is 3.18. The Kier molecular flexibility index (Phi) is 5.12. The molecule has 1 aromatic rings. The zero-order chi connectivity index (χ0) is 16.3. The van der Waals surface area contributed by atoms with Crippen molar-refractivity contribution in [3.05, 3.63) is 11.1 Å². The van der Waals surface area contributed by atoms with Crippen molar-refractivity contribution in [2.75, 3.05) is 18.0 Å². The summed E-state index contributed by atoms with van der Waals surface area (Å²) in [5.74, 6) is -1.26. The van der Waals surface area contributed by atoms with E-state index in [-0.39, 0.29) is 30.8 Å². The maximum atomic E-state index is 12.2. The molecule has 2 rings (SSSR count). The van der Waals surface area contributed by atoms with Crippen molar-refractivity contribution in [2.45, 2.75) is 39.2 Å². The first-order valence-electron chi connectivity index (χ1n) is 7.14. The second-order valence-electron chi connectivity index (χ2n) is 5.46. The summed E-state index contributed by atoms with van der Waals surface area (Å²) in [6.07, 6.45) is 1.41. The summed E-state index contributed by atoms with van der Waals surface area (Å²) in [5, 5.41) is 11.2. The monoisotopic (exact) mass is 325 g/mol. The van der Waals surface area contributed by atoms with Crippen molar-refractivity contribution in [2.24, 2.45) is 0 Å². The summed E-state index contributed by atoms with van der Waals surface area (Å²) in [7, 11) is 0. The van der Waals surface area contributed by atoms with Crippen molar-refractivity contribution in [3.63, 3.8) is 0 Å². The summed E-state index contributed by atoms with van der Waals surface area (Å²) < 4.78 is 0. The van der Waals surface area contributed by atoms with Crippen LogP contribution in [0.2, 0.25) is 0 Å². The van der Waals surface area contributed by atoms with Crippen LogP contribution in [0.15, 0.2) is 5.38 Å². The zero-order valence-corrected chi connectivity index (χ0v) is 13.4. The highest BCUT2D eigenvalue weighted by atomic mass is 32.1. The summed E-state index contributed by atoms with van der Waals surface area (Å²) in [6.45, 7) is 3.89. The number of aromatic nitrogens is 1. The largest absolute Gasteiger partial charge is 0.480 e. The normalized spacial score (nSPS) is 14.7. The SMILES string of the molecule is CC(C)N(CC(=O)O)C(=O)Cc1csc(N2CCCC2=O)n1. The first kappa shape index (κ1) is 16.4. The molecule has 120 valence electrons. The van der Waals surface area contributed by atoms with Crippen molar-refractivity contribution in [3.8, 4) is 0 Å². The predicted octanol–water partition coefficient (Wildman–Crippen LogP) is 1.13. The van der Waals surface area contributed by atoms with Gasteiger partial charge in [-0.25, -0.2) is 4.98 Å². The highest BCUT2D eigenvalue weighted by Gasteiger charge is 2.25. The van der Waals surface area contributed by atoms with Gasteiger partial charge in [0.1, 0.15) is 6.54 Å². The minimum atomic E-state index is -1.04. The van der Waals surface area contributed by atoms with Crippen LogP contribution in [0.3, 0.4) is 0 Å². The van der Waals surface area contributed by atoms with Crippen molar-refractivity contribution in [1.82, 2.24) is 9.88 Å². The highest BCUT2D eigenvalue weighted by molar-refractivity contribution is 7.14. The third-order valence-corrected chi connectivity index (χ3v) is 4.34. The molecule has 8 heteroatoms. The van der Waals surface area contributed by atoms with E-state index in [2.05, 4.69) is 4.98 Å². The van der Waals surface area contributed by atoms with Gasteiger partial charge in [-0.15, -0.1) is 11.3 Å². The van der Waals surface area contributed by atoms with E-state index in [0.29, 0.717) is 23.8 Å². The summed E-state index contributed by atoms with van der Waals surface area (Å²) in [5.41, 5.74) is 0.570. The van der Waals surface area contributed by atoms with Crippen LogP contribution in [0, 0.1) is 0 Å². The van der Waals surface area contributed by atoms with E-state index >= 15 is 0 Å². The average Bonchev–Trinajstić information content (AvgIpc) is 3.04. The standard InChI is InChI=1S/C14H19N3O4S/c1-9(2)17(7-13(20)21)12(19)6-10-8-22-14(15-10)16-5-3-4-11(16)18/h8-9H,3-7H2,1-2H3,(H,20,21). The van der Waals surface area contributed by atoms with Crippen molar-refractivity contribution >= 4 is 34.3 Å². The van der Waals surface area contributed by atoms with Crippen molar-refractivity contribution < 1.29 is 19.5 Å². The van der Waals surface area contributed by atoms with Gasteiger partial charge in [0.15, 0.2) is 5.13 Å². The number of hydrogen-bond acceptors (Lipinski definition) is 5. The number of thiazole rings is 1. The third-order valence-electron chi connectivity index (χ3n) is 3.43. The van der Waals surface area contributed by atoms with Crippen LogP contribution in [0.5, 0.6) is 0 Å². The smallest absolute Gasteiger partial charge is 0.323 e. The van der Waals surface area contributed by atoms with E-state index < -0.39 is 5.97 Å². The number of amides is 2. The highest BCUT2D eigenvalue weighted by Crippen LogP contribution is 2.25. The Morgan fingerprint density at radius 3 is 2.77 bits per heavy atom. The van der Waals surface area contributed by atoms with Gasteiger partial charge in [-0.1, -0.05) is 0 Å². The number of rotatable bonds is 6. The topological polar surface area (TPSA) is 90.8 Å². The Hall–Kier alpha value is -1.96. The number of aliphatic carboxylic acids is 1. The summed E-state index contributed by atoms with van der Waals surface area (Å²) >= 11 is 1.33. The van der Waals surface area contributed by atoms with E-state index in [0.717, 1.165) is 6.42 Å². The Morgan fingerprint density at radius 1 is 1.50 bits per heavy atom. The van der Waals surface area contributed by atoms with Crippen LogP contribution in [-0.4, -0.2) is 51.9 Å². The van der Waals surface area contributed by atoms with Crippen LogP contribution in [0.1, 0.15) is 32.4 Å². The van der Waals surface area contributed by atoms with Gasteiger partial charge >= 0.3 is 5.97 Å². The van der Waals surface area contributed by atoms with Crippen LogP contribution < -0.4 is 4.90 Å². The molecular formula is C14H19N3O4S. The molecule has 0 bridgehead atoms. The number of carboxylic acids is 1. The maximum absolute atomic E-state index is 12.2. The van der Waals surface area contributed by atoms with Gasteiger partial charge in [-0.05, 0) is 20.3 Å². The number of carboxylic acid groups (broad SMARTS) is 1.